The lowest BCUT2D eigenvalue weighted by Crippen LogP contribution is -2.21. The summed E-state index contributed by atoms with van der Waals surface area (Å²) in [5.74, 6) is 1.21. The highest BCUT2D eigenvalue weighted by molar-refractivity contribution is 5.79. The summed E-state index contributed by atoms with van der Waals surface area (Å²) < 4.78 is 0. The van der Waals surface area contributed by atoms with Crippen LogP contribution in [0.5, 0.6) is 0 Å². The number of nitrogen functional groups attached to an aromatic ring is 1. The molecule has 1 heterocycles. The van der Waals surface area contributed by atoms with Gasteiger partial charge in [0.2, 0.25) is 0 Å². The van der Waals surface area contributed by atoms with Crippen molar-refractivity contribution in [2.75, 3.05) is 11.1 Å². The summed E-state index contributed by atoms with van der Waals surface area (Å²) in [7, 11) is 0. The Bertz CT molecular complexity index is 553. The first-order valence-electron chi connectivity index (χ1n) is 7.53. The van der Waals surface area contributed by atoms with Gasteiger partial charge in [-0.1, -0.05) is 45.2 Å². The Hall–Kier alpha value is -1.84. The van der Waals surface area contributed by atoms with Crippen LogP contribution >= 0.6 is 0 Å². The van der Waals surface area contributed by atoms with Crippen LogP contribution in [0, 0.1) is 0 Å². The summed E-state index contributed by atoms with van der Waals surface area (Å²) in [6.45, 7) is 4.42. The van der Waals surface area contributed by atoms with Crippen LogP contribution in [0.15, 0.2) is 24.3 Å². The molecule has 108 valence electrons. The van der Waals surface area contributed by atoms with E-state index in [0.29, 0.717) is 11.9 Å². The number of hydrogen-bond donors (Lipinski definition) is 2. The third-order valence-corrected chi connectivity index (χ3v) is 3.48. The molecule has 0 fully saturated rings. The third kappa shape index (κ3) is 3.59. The van der Waals surface area contributed by atoms with Gasteiger partial charge in [0.15, 0.2) is 11.6 Å². The monoisotopic (exact) mass is 272 g/mol. The van der Waals surface area contributed by atoms with Crippen molar-refractivity contribution in [1.29, 1.82) is 0 Å². The Morgan fingerprint density at radius 3 is 2.40 bits per heavy atom. The fourth-order valence-corrected chi connectivity index (χ4v) is 2.40. The largest absolute Gasteiger partial charge is 0.381 e. The summed E-state index contributed by atoms with van der Waals surface area (Å²) >= 11 is 0. The first-order valence-corrected chi connectivity index (χ1v) is 7.53. The zero-order valence-electron chi connectivity index (χ0n) is 12.4. The minimum Gasteiger partial charge on any atom is -0.381 e. The van der Waals surface area contributed by atoms with Crippen LogP contribution in [-0.2, 0) is 0 Å². The van der Waals surface area contributed by atoms with E-state index in [1.54, 1.807) is 0 Å². The number of nitrogens with zero attached hydrogens (tertiary/aromatic N) is 2. The average Bonchev–Trinajstić information content (AvgIpc) is 2.45. The van der Waals surface area contributed by atoms with Crippen molar-refractivity contribution >= 4 is 22.7 Å². The zero-order chi connectivity index (χ0) is 14.4. The van der Waals surface area contributed by atoms with E-state index in [4.69, 9.17) is 5.73 Å². The Kier molecular flexibility index (Phi) is 5.16. The zero-order valence-corrected chi connectivity index (χ0v) is 12.4. The summed E-state index contributed by atoms with van der Waals surface area (Å²) in [6.07, 6.45) is 5.87. The molecule has 0 amide bonds. The number of nitrogens with two attached hydrogens (primary N) is 1. The number of nitrogens with one attached hydrogen (secondary N) is 1. The van der Waals surface area contributed by atoms with E-state index in [1.807, 2.05) is 24.3 Å². The van der Waals surface area contributed by atoms with Gasteiger partial charge in [0.25, 0.3) is 0 Å². The third-order valence-electron chi connectivity index (χ3n) is 3.48. The SMILES string of the molecule is CCCCC(CCC)Nc1nc2ccccc2nc1N. The molecule has 0 spiro atoms. The van der Waals surface area contributed by atoms with Gasteiger partial charge in [-0.25, -0.2) is 9.97 Å². The van der Waals surface area contributed by atoms with Crippen molar-refractivity contribution in [2.24, 2.45) is 0 Å². The molecule has 1 atom stereocenters. The maximum Gasteiger partial charge on any atom is 0.169 e. The summed E-state index contributed by atoms with van der Waals surface area (Å²) in [6, 6.07) is 8.25. The lowest BCUT2D eigenvalue weighted by Gasteiger charge is -2.19. The molecule has 0 aliphatic rings. The van der Waals surface area contributed by atoms with Crippen molar-refractivity contribution in [3.05, 3.63) is 24.3 Å². The Labute approximate surface area is 120 Å². The maximum absolute atomic E-state index is 6.02. The second-order valence-corrected chi connectivity index (χ2v) is 5.22. The molecule has 0 saturated carbocycles. The Morgan fingerprint density at radius 1 is 1.05 bits per heavy atom. The highest BCUT2D eigenvalue weighted by Gasteiger charge is 2.11. The summed E-state index contributed by atoms with van der Waals surface area (Å²) in [4.78, 5) is 9.03. The first-order chi connectivity index (χ1) is 9.74. The van der Waals surface area contributed by atoms with Crippen LogP contribution < -0.4 is 11.1 Å². The summed E-state index contributed by atoms with van der Waals surface area (Å²) in [5.41, 5.74) is 7.75. The van der Waals surface area contributed by atoms with E-state index in [9.17, 15) is 0 Å². The highest BCUT2D eigenvalue weighted by atomic mass is 15.1. The second kappa shape index (κ2) is 7.08. The Morgan fingerprint density at radius 2 is 1.75 bits per heavy atom. The molecule has 0 bridgehead atoms. The van der Waals surface area contributed by atoms with E-state index in [2.05, 4.69) is 29.1 Å². The van der Waals surface area contributed by atoms with Gasteiger partial charge in [-0.2, -0.15) is 0 Å². The van der Waals surface area contributed by atoms with Gasteiger partial charge in [-0.3, -0.25) is 0 Å². The average molecular weight is 272 g/mol. The van der Waals surface area contributed by atoms with Gasteiger partial charge in [0.1, 0.15) is 0 Å². The molecule has 2 aromatic rings. The maximum atomic E-state index is 6.02. The number of rotatable bonds is 7. The lowest BCUT2D eigenvalue weighted by molar-refractivity contribution is 0.563. The number of unbranched alkanes of at least 4 members (excludes halogenated alkanes) is 1. The molecule has 0 radical (unpaired) electrons. The van der Waals surface area contributed by atoms with E-state index in [0.717, 1.165) is 36.1 Å². The highest BCUT2D eigenvalue weighted by Crippen LogP contribution is 2.21. The van der Waals surface area contributed by atoms with Crippen molar-refractivity contribution in [2.45, 2.75) is 52.0 Å². The molecule has 20 heavy (non-hydrogen) atoms. The van der Waals surface area contributed by atoms with Crippen molar-refractivity contribution in [3.8, 4) is 0 Å². The topological polar surface area (TPSA) is 63.8 Å². The van der Waals surface area contributed by atoms with Crippen LogP contribution in [0.2, 0.25) is 0 Å². The molecular formula is C16H24N4. The molecule has 2 rings (SSSR count). The van der Waals surface area contributed by atoms with Crippen molar-refractivity contribution < 1.29 is 0 Å². The molecule has 0 aliphatic heterocycles. The van der Waals surface area contributed by atoms with E-state index in [-0.39, 0.29) is 0 Å². The predicted octanol–water partition coefficient (Wildman–Crippen LogP) is 3.98. The predicted molar refractivity (Wildman–Crippen MR) is 85.8 cm³/mol. The number of aromatic nitrogens is 2. The van der Waals surface area contributed by atoms with Crippen molar-refractivity contribution in [1.82, 2.24) is 9.97 Å². The number of benzene rings is 1. The molecule has 4 nitrogen and oxygen atoms in total. The second-order valence-electron chi connectivity index (χ2n) is 5.22. The van der Waals surface area contributed by atoms with Crippen LogP contribution in [-0.4, -0.2) is 16.0 Å². The fraction of sp³-hybridized carbons (Fsp3) is 0.500. The number of para-hydroxylation sites is 2. The summed E-state index contributed by atoms with van der Waals surface area (Å²) in [5, 5.41) is 3.48. The Balaban J connectivity index is 2.19. The molecular weight excluding hydrogens is 248 g/mol. The molecule has 1 unspecified atom stereocenters. The quantitative estimate of drug-likeness (QED) is 0.800. The van der Waals surface area contributed by atoms with E-state index >= 15 is 0 Å². The standard InChI is InChI=1S/C16H24N4/c1-3-5-9-12(8-4-2)18-16-15(17)19-13-10-6-7-11-14(13)20-16/h6-7,10-12H,3-5,8-9H2,1-2H3,(H2,17,19)(H,18,20). The smallest absolute Gasteiger partial charge is 0.169 e. The van der Waals surface area contributed by atoms with Crippen LogP contribution in [0.3, 0.4) is 0 Å². The molecule has 1 aromatic heterocycles. The van der Waals surface area contributed by atoms with Crippen LogP contribution in [0.4, 0.5) is 11.6 Å². The van der Waals surface area contributed by atoms with Gasteiger partial charge in [-0.15, -0.1) is 0 Å². The minimum atomic E-state index is 0.428. The molecule has 0 aliphatic carbocycles. The van der Waals surface area contributed by atoms with E-state index in [1.165, 1.54) is 12.8 Å². The minimum absolute atomic E-state index is 0.428. The molecule has 0 saturated heterocycles. The van der Waals surface area contributed by atoms with Crippen LogP contribution in [0.1, 0.15) is 46.0 Å². The molecule has 4 heteroatoms. The fourth-order valence-electron chi connectivity index (χ4n) is 2.40. The first kappa shape index (κ1) is 14.6. The number of hydrogen-bond acceptors (Lipinski definition) is 4. The van der Waals surface area contributed by atoms with Gasteiger partial charge >= 0.3 is 0 Å². The number of fused-ring (bicyclic) bond motifs is 1. The van der Waals surface area contributed by atoms with Gasteiger partial charge in [-0.05, 0) is 25.0 Å². The van der Waals surface area contributed by atoms with E-state index < -0.39 is 0 Å². The van der Waals surface area contributed by atoms with Crippen molar-refractivity contribution in [3.63, 3.8) is 0 Å². The van der Waals surface area contributed by atoms with Gasteiger partial charge < -0.3 is 11.1 Å². The van der Waals surface area contributed by atoms with Gasteiger partial charge in [0, 0.05) is 6.04 Å². The molecule has 3 N–H and O–H groups in total. The lowest BCUT2D eigenvalue weighted by atomic mass is 10.1. The molecule has 1 aromatic carbocycles. The number of anilines is 2. The van der Waals surface area contributed by atoms with Crippen LogP contribution in [0.25, 0.3) is 11.0 Å². The van der Waals surface area contributed by atoms with Gasteiger partial charge in [0.05, 0.1) is 11.0 Å². The normalized spacial score (nSPS) is 12.5.